The normalized spacial score (nSPS) is 14.9. The van der Waals surface area contributed by atoms with E-state index in [1.807, 2.05) is 37.6 Å². The van der Waals surface area contributed by atoms with Crippen LogP contribution in [0.2, 0.25) is 0 Å². The third-order valence-corrected chi connectivity index (χ3v) is 5.02. The highest BCUT2D eigenvalue weighted by molar-refractivity contribution is 7.08. The number of nitriles is 1. The molecule has 1 fully saturated rings. The van der Waals surface area contributed by atoms with Gasteiger partial charge in [0.05, 0.1) is 11.6 Å². The van der Waals surface area contributed by atoms with Gasteiger partial charge in [0.2, 0.25) is 5.91 Å². The van der Waals surface area contributed by atoms with Crippen molar-refractivity contribution >= 4 is 23.2 Å². The monoisotopic (exact) mass is 381 g/mol. The van der Waals surface area contributed by atoms with E-state index in [2.05, 4.69) is 11.4 Å². The van der Waals surface area contributed by atoms with Gasteiger partial charge in [-0.05, 0) is 80.3 Å². The second-order valence-corrected chi connectivity index (χ2v) is 8.61. The predicted octanol–water partition coefficient (Wildman–Crippen LogP) is 3.88. The molecule has 1 aromatic carbocycles. The predicted molar refractivity (Wildman–Crippen MR) is 105 cm³/mol. The van der Waals surface area contributed by atoms with Crippen molar-refractivity contribution in [2.75, 3.05) is 0 Å². The minimum absolute atomic E-state index is 0.0590. The smallest absolute Gasteiger partial charge is 0.255 e. The van der Waals surface area contributed by atoms with Crippen molar-refractivity contribution in [1.82, 2.24) is 10.2 Å². The van der Waals surface area contributed by atoms with Crippen LogP contribution in [0.3, 0.4) is 0 Å². The number of hydrogen-bond acceptors (Lipinski definition) is 4. The highest BCUT2D eigenvalue weighted by Gasteiger charge is 2.42. The Hall–Kier alpha value is -2.65. The number of nitrogens with one attached hydrogen (secondary N) is 1. The molecular weight excluding hydrogens is 358 g/mol. The third-order valence-electron chi connectivity index (χ3n) is 4.32. The van der Waals surface area contributed by atoms with Crippen molar-refractivity contribution in [3.8, 4) is 6.07 Å². The molecule has 6 heteroatoms. The summed E-state index contributed by atoms with van der Waals surface area (Å²) in [5.74, 6) is -0.350. The summed E-state index contributed by atoms with van der Waals surface area (Å²) in [5.41, 5.74) is 1.43. The lowest BCUT2D eigenvalue weighted by atomic mass is 10.0. The Labute approximate surface area is 163 Å². The second-order valence-electron chi connectivity index (χ2n) is 7.83. The minimum atomic E-state index is -0.661. The van der Waals surface area contributed by atoms with Crippen molar-refractivity contribution in [2.24, 2.45) is 0 Å². The van der Waals surface area contributed by atoms with Gasteiger partial charge in [-0.25, -0.2) is 0 Å². The van der Waals surface area contributed by atoms with E-state index < -0.39 is 11.6 Å². The zero-order valence-corrected chi connectivity index (χ0v) is 16.5. The van der Waals surface area contributed by atoms with Crippen LogP contribution < -0.4 is 5.32 Å². The molecule has 0 spiro atoms. The molecule has 1 unspecified atom stereocenters. The Balaban J connectivity index is 1.97. The molecule has 0 radical (unpaired) electrons. The average Bonchev–Trinajstić information content (AvgIpc) is 3.31. The molecule has 140 valence electrons. The molecule has 1 aliphatic carbocycles. The van der Waals surface area contributed by atoms with Crippen LogP contribution in [0.1, 0.15) is 61.1 Å². The topological polar surface area (TPSA) is 73.2 Å². The van der Waals surface area contributed by atoms with Gasteiger partial charge in [0.25, 0.3) is 5.91 Å². The SMILES string of the molecule is CC(C)(C)NC(=O)C(c1ccsc1)N(C(=O)c1ccc(C#N)cc1)C1CC1. The first-order valence-corrected chi connectivity index (χ1v) is 9.91. The second kappa shape index (κ2) is 7.53. The van der Waals surface area contributed by atoms with Crippen molar-refractivity contribution < 1.29 is 9.59 Å². The first-order valence-electron chi connectivity index (χ1n) is 8.97. The van der Waals surface area contributed by atoms with Crippen molar-refractivity contribution in [1.29, 1.82) is 5.26 Å². The maximum Gasteiger partial charge on any atom is 0.255 e. The fraction of sp³-hybridized carbons (Fsp3) is 0.381. The lowest BCUT2D eigenvalue weighted by molar-refractivity contribution is -0.127. The zero-order chi connectivity index (χ0) is 19.6. The molecule has 0 saturated heterocycles. The molecule has 1 aromatic heterocycles. The van der Waals surface area contributed by atoms with E-state index in [-0.39, 0.29) is 17.9 Å². The number of carbonyl (C=O) groups is 2. The van der Waals surface area contributed by atoms with Crippen LogP contribution in [0.15, 0.2) is 41.1 Å². The summed E-state index contributed by atoms with van der Waals surface area (Å²) < 4.78 is 0. The average molecular weight is 382 g/mol. The first kappa shape index (κ1) is 19.1. The molecule has 0 bridgehead atoms. The summed E-state index contributed by atoms with van der Waals surface area (Å²) in [5, 5.41) is 15.8. The maximum absolute atomic E-state index is 13.3. The molecule has 0 aliphatic heterocycles. The molecular formula is C21H23N3O2S. The summed E-state index contributed by atoms with van der Waals surface area (Å²) >= 11 is 1.51. The number of thiophene rings is 1. The molecule has 5 nitrogen and oxygen atoms in total. The standard InChI is InChI=1S/C21H23N3O2S/c1-21(2,3)23-19(25)18(16-10-11-27-13-16)24(17-8-9-17)20(26)15-6-4-14(12-22)5-7-15/h4-7,10-11,13,17-18H,8-9H2,1-3H3,(H,23,25). The molecule has 3 rings (SSSR count). The summed E-state index contributed by atoms with van der Waals surface area (Å²) in [7, 11) is 0. The Bertz CT molecular complexity index is 856. The largest absolute Gasteiger partial charge is 0.349 e. The minimum Gasteiger partial charge on any atom is -0.349 e. The van der Waals surface area contributed by atoms with Gasteiger partial charge < -0.3 is 10.2 Å². The van der Waals surface area contributed by atoms with Gasteiger partial charge in [-0.2, -0.15) is 16.6 Å². The molecule has 1 N–H and O–H groups in total. The van der Waals surface area contributed by atoms with Gasteiger partial charge in [-0.3, -0.25) is 9.59 Å². The number of rotatable bonds is 5. The lowest BCUT2D eigenvalue weighted by Crippen LogP contribution is -2.49. The number of nitrogens with zero attached hydrogens (tertiary/aromatic N) is 2. The van der Waals surface area contributed by atoms with E-state index in [0.29, 0.717) is 11.1 Å². The molecule has 27 heavy (non-hydrogen) atoms. The molecule has 1 aliphatic rings. The highest BCUT2D eigenvalue weighted by atomic mass is 32.1. The molecule has 1 atom stereocenters. The van der Waals surface area contributed by atoms with Crippen LogP contribution in [0.25, 0.3) is 0 Å². The number of benzene rings is 1. The van der Waals surface area contributed by atoms with Gasteiger partial charge in [-0.1, -0.05) is 0 Å². The number of carbonyl (C=O) groups excluding carboxylic acids is 2. The summed E-state index contributed by atoms with van der Waals surface area (Å²) in [4.78, 5) is 28.1. The van der Waals surface area contributed by atoms with Crippen LogP contribution in [-0.4, -0.2) is 28.3 Å². The van der Waals surface area contributed by atoms with Crippen LogP contribution in [0.4, 0.5) is 0 Å². The van der Waals surface area contributed by atoms with E-state index in [1.165, 1.54) is 11.3 Å². The van der Waals surface area contributed by atoms with Gasteiger partial charge in [0.1, 0.15) is 6.04 Å². The van der Waals surface area contributed by atoms with Crippen molar-refractivity contribution in [2.45, 2.75) is 51.2 Å². The lowest BCUT2D eigenvalue weighted by Gasteiger charge is -2.33. The van der Waals surface area contributed by atoms with Gasteiger partial charge in [-0.15, -0.1) is 0 Å². The van der Waals surface area contributed by atoms with E-state index in [1.54, 1.807) is 29.2 Å². The van der Waals surface area contributed by atoms with Gasteiger partial charge >= 0.3 is 0 Å². The fourth-order valence-electron chi connectivity index (χ4n) is 2.99. The van der Waals surface area contributed by atoms with Crippen LogP contribution >= 0.6 is 11.3 Å². The van der Waals surface area contributed by atoms with Gasteiger partial charge in [0.15, 0.2) is 0 Å². The Morgan fingerprint density at radius 2 is 1.89 bits per heavy atom. The van der Waals surface area contributed by atoms with E-state index >= 15 is 0 Å². The number of hydrogen-bond donors (Lipinski definition) is 1. The van der Waals surface area contributed by atoms with Crippen LogP contribution in [0.5, 0.6) is 0 Å². The quantitative estimate of drug-likeness (QED) is 0.854. The third kappa shape index (κ3) is 4.55. The zero-order valence-electron chi connectivity index (χ0n) is 15.7. The van der Waals surface area contributed by atoms with E-state index in [4.69, 9.17) is 5.26 Å². The number of amides is 2. The fourth-order valence-corrected chi connectivity index (χ4v) is 3.67. The summed E-state index contributed by atoms with van der Waals surface area (Å²) in [6.45, 7) is 5.79. The Morgan fingerprint density at radius 1 is 1.22 bits per heavy atom. The first-order chi connectivity index (χ1) is 12.8. The molecule has 1 heterocycles. The maximum atomic E-state index is 13.3. The van der Waals surface area contributed by atoms with Crippen molar-refractivity contribution in [3.63, 3.8) is 0 Å². The van der Waals surface area contributed by atoms with Crippen LogP contribution in [0, 0.1) is 11.3 Å². The Kier molecular flexibility index (Phi) is 5.33. The molecule has 2 aromatic rings. The van der Waals surface area contributed by atoms with E-state index in [9.17, 15) is 9.59 Å². The van der Waals surface area contributed by atoms with Gasteiger partial charge in [0, 0.05) is 17.1 Å². The summed E-state index contributed by atoms with van der Waals surface area (Å²) in [6, 6.07) is 9.93. The van der Waals surface area contributed by atoms with E-state index in [0.717, 1.165) is 18.4 Å². The van der Waals surface area contributed by atoms with Crippen LogP contribution in [-0.2, 0) is 4.79 Å². The Morgan fingerprint density at radius 3 is 2.37 bits per heavy atom. The molecule has 2 amide bonds. The molecule has 1 saturated carbocycles. The van der Waals surface area contributed by atoms with Crippen molar-refractivity contribution in [3.05, 3.63) is 57.8 Å². The summed E-state index contributed by atoms with van der Waals surface area (Å²) in [6.07, 6.45) is 1.79. The highest BCUT2D eigenvalue weighted by Crippen LogP contribution is 2.37.